The summed E-state index contributed by atoms with van der Waals surface area (Å²) >= 11 is 0. The number of nitrogens with one attached hydrogen (secondary N) is 2. The van der Waals surface area contributed by atoms with Crippen LogP contribution >= 0.6 is 0 Å². The van der Waals surface area contributed by atoms with E-state index in [9.17, 15) is 9.59 Å². The van der Waals surface area contributed by atoms with Crippen molar-refractivity contribution in [2.75, 3.05) is 19.0 Å². The van der Waals surface area contributed by atoms with Gasteiger partial charge in [-0.15, -0.1) is 0 Å². The molecule has 5 nitrogen and oxygen atoms in total. The Bertz CT molecular complexity index is 709. The molecular weight excluding hydrogens is 304 g/mol. The molecule has 0 atom stereocenters. The summed E-state index contributed by atoms with van der Waals surface area (Å²) in [4.78, 5) is 24.7. The fourth-order valence-corrected chi connectivity index (χ4v) is 2.12. The van der Waals surface area contributed by atoms with E-state index in [0.29, 0.717) is 35.0 Å². The molecule has 126 valence electrons. The summed E-state index contributed by atoms with van der Waals surface area (Å²) in [5.74, 6) is 0.561. The molecule has 0 fully saturated rings. The molecule has 0 aromatic heterocycles. The van der Waals surface area contributed by atoms with Gasteiger partial charge < -0.3 is 15.4 Å². The van der Waals surface area contributed by atoms with Gasteiger partial charge in [-0.2, -0.15) is 0 Å². The van der Waals surface area contributed by atoms with Crippen molar-refractivity contribution in [1.82, 2.24) is 5.32 Å². The fourth-order valence-electron chi connectivity index (χ4n) is 2.12. The molecule has 2 aromatic rings. The van der Waals surface area contributed by atoms with Gasteiger partial charge in [0.15, 0.2) is 0 Å². The highest BCUT2D eigenvalue weighted by Crippen LogP contribution is 2.17. The molecule has 0 spiro atoms. The van der Waals surface area contributed by atoms with Gasteiger partial charge in [-0.3, -0.25) is 9.59 Å². The molecule has 24 heavy (non-hydrogen) atoms. The standard InChI is InChI=1S/C19H22N2O3/c1-13(2)12-20-19(23)16-6-4-5-7-17(16)21-18(22)14-8-10-15(24-3)11-9-14/h4-11,13H,12H2,1-3H3,(H,20,23)(H,21,22). The number of amides is 2. The van der Waals surface area contributed by atoms with Gasteiger partial charge in [0.1, 0.15) is 5.75 Å². The van der Waals surface area contributed by atoms with Gasteiger partial charge in [0, 0.05) is 12.1 Å². The molecule has 0 bridgehead atoms. The molecule has 0 aliphatic carbocycles. The van der Waals surface area contributed by atoms with Crippen LogP contribution in [-0.2, 0) is 0 Å². The molecule has 0 aliphatic heterocycles. The second-order valence-electron chi connectivity index (χ2n) is 5.83. The van der Waals surface area contributed by atoms with Crippen LogP contribution in [0.4, 0.5) is 5.69 Å². The lowest BCUT2D eigenvalue weighted by atomic mass is 10.1. The molecule has 0 heterocycles. The van der Waals surface area contributed by atoms with Crippen molar-refractivity contribution in [3.8, 4) is 5.75 Å². The monoisotopic (exact) mass is 326 g/mol. The number of carbonyl (C=O) groups is 2. The van der Waals surface area contributed by atoms with Crippen LogP contribution in [0.3, 0.4) is 0 Å². The van der Waals surface area contributed by atoms with E-state index in [1.807, 2.05) is 13.8 Å². The van der Waals surface area contributed by atoms with E-state index in [2.05, 4.69) is 10.6 Å². The third-order valence-electron chi connectivity index (χ3n) is 3.44. The van der Waals surface area contributed by atoms with Gasteiger partial charge in [-0.25, -0.2) is 0 Å². The number of anilines is 1. The van der Waals surface area contributed by atoms with E-state index >= 15 is 0 Å². The average molecular weight is 326 g/mol. The lowest BCUT2D eigenvalue weighted by Crippen LogP contribution is -2.28. The van der Waals surface area contributed by atoms with Gasteiger partial charge in [-0.05, 0) is 42.3 Å². The Balaban J connectivity index is 2.14. The number of para-hydroxylation sites is 1. The number of carbonyl (C=O) groups excluding carboxylic acids is 2. The lowest BCUT2D eigenvalue weighted by Gasteiger charge is -2.12. The van der Waals surface area contributed by atoms with Gasteiger partial charge in [-0.1, -0.05) is 26.0 Å². The highest BCUT2D eigenvalue weighted by molar-refractivity contribution is 6.09. The Morgan fingerprint density at radius 1 is 1.00 bits per heavy atom. The summed E-state index contributed by atoms with van der Waals surface area (Å²) in [6.45, 7) is 4.63. The first-order valence-corrected chi connectivity index (χ1v) is 7.84. The van der Waals surface area contributed by atoms with Crippen LogP contribution < -0.4 is 15.4 Å². The minimum Gasteiger partial charge on any atom is -0.497 e. The van der Waals surface area contributed by atoms with E-state index < -0.39 is 0 Å². The zero-order valence-corrected chi connectivity index (χ0v) is 14.1. The van der Waals surface area contributed by atoms with Crippen LogP contribution in [0.15, 0.2) is 48.5 Å². The minimum atomic E-state index is -0.276. The van der Waals surface area contributed by atoms with E-state index in [4.69, 9.17) is 4.74 Å². The molecule has 0 unspecified atom stereocenters. The topological polar surface area (TPSA) is 67.4 Å². The number of hydrogen-bond donors (Lipinski definition) is 2. The van der Waals surface area contributed by atoms with Crippen molar-refractivity contribution < 1.29 is 14.3 Å². The summed E-state index contributed by atoms with van der Waals surface area (Å²) < 4.78 is 5.08. The minimum absolute atomic E-state index is 0.200. The van der Waals surface area contributed by atoms with E-state index in [0.717, 1.165) is 0 Å². The number of rotatable bonds is 6. The van der Waals surface area contributed by atoms with Crippen LogP contribution in [0.1, 0.15) is 34.6 Å². The van der Waals surface area contributed by atoms with Crippen molar-refractivity contribution in [3.63, 3.8) is 0 Å². The maximum Gasteiger partial charge on any atom is 0.255 e. The van der Waals surface area contributed by atoms with Gasteiger partial charge in [0.05, 0.1) is 18.4 Å². The smallest absolute Gasteiger partial charge is 0.255 e. The summed E-state index contributed by atoms with van der Waals surface area (Å²) in [5.41, 5.74) is 1.42. The summed E-state index contributed by atoms with van der Waals surface area (Å²) in [6, 6.07) is 13.7. The molecule has 0 saturated carbocycles. The van der Waals surface area contributed by atoms with Crippen molar-refractivity contribution >= 4 is 17.5 Å². The third-order valence-corrected chi connectivity index (χ3v) is 3.44. The van der Waals surface area contributed by atoms with Crippen LogP contribution in [0.5, 0.6) is 5.75 Å². The quantitative estimate of drug-likeness (QED) is 0.855. The van der Waals surface area contributed by atoms with Crippen LogP contribution in [-0.4, -0.2) is 25.5 Å². The van der Waals surface area contributed by atoms with Gasteiger partial charge >= 0.3 is 0 Å². The molecule has 2 N–H and O–H groups in total. The highest BCUT2D eigenvalue weighted by atomic mass is 16.5. The lowest BCUT2D eigenvalue weighted by molar-refractivity contribution is 0.0950. The second-order valence-corrected chi connectivity index (χ2v) is 5.83. The fraction of sp³-hybridized carbons (Fsp3) is 0.263. The predicted octanol–water partition coefficient (Wildman–Crippen LogP) is 3.33. The van der Waals surface area contributed by atoms with Crippen LogP contribution in [0.2, 0.25) is 0 Å². The summed E-state index contributed by atoms with van der Waals surface area (Å²) in [7, 11) is 1.57. The van der Waals surface area contributed by atoms with E-state index in [1.165, 1.54) is 0 Å². The SMILES string of the molecule is COc1ccc(C(=O)Nc2ccccc2C(=O)NCC(C)C)cc1. The molecule has 2 amide bonds. The largest absolute Gasteiger partial charge is 0.497 e. The summed E-state index contributed by atoms with van der Waals surface area (Å²) in [6.07, 6.45) is 0. The normalized spacial score (nSPS) is 10.3. The van der Waals surface area contributed by atoms with Crippen molar-refractivity contribution in [1.29, 1.82) is 0 Å². The Morgan fingerprint density at radius 2 is 1.67 bits per heavy atom. The second kappa shape index (κ2) is 8.15. The third kappa shape index (κ3) is 4.59. The molecule has 5 heteroatoms. The molecule has 2 rings (SSSR count). The number of benzene rings is 2. The zero-order valence-electron chi connectivity index (χ0n) is 14.1. The number of hydrogen-bond acceptors (Lipinski definition) is 3. The summed E-state index contributed by atoms with van der Waals surface area (Å²) in [5, 5.41) is 5.65. The maximum atomic E-state index is 12.4. The van der Waals surface area contributed by atoms with E-state index in [1.54, 1.807) is 55.6 Å². The predicted molar refractivity (Wildman–Crippen MR) is 94.6 cm³/mol. The Morgan fingerprint density at radius 3 is 2.29 bits per heavy atom. The molecule has 0 saturated heterocycles. The van der Waals surface area contributed by atoms with E-state index in [-0.39, 0.29) is 11.8 Å². The highest BCUT2D eigenvalue weighted by Gasteiger charge is 2.14. The van der Waals surface area contributed by atoms with Crippen molar-refractivity contribution in [2.45, 2.75) is 13.8 Å². The first-order chi connectivity index (χ1) is 11.5. The Hall–Kier alpha value is -2.82. The molecule has 0 aliphatic rings. The van der Waals surface area contributed by atoms with Crippen molar-refractivity contribution in [3.05, 3.63) is 59.7 Å². The molecule has 0 radical (unpaired) electrons. The first-order valence-electron chi connectivity index (χ1n) is 7.84. The molecule has 2 aromatic carbocycles. The van der Waals surface area contributed by atoms with Gasteiger partial charge in [0.25, 0.3) is 11.8 Å². The van der Waals surface area contributed by atoms with Gasteiger partial charge in [0.2, 0.25) is 0 Å². The van der Waals surface area contributed by atoms with Crippen LogP contribution in [0.25, 0.3) is 0 Å². The maximum absolute atomic E-state index is 12.4. The Labute approximate surface area is 142 Å². The number of methoxy groups -OCH3 is 1. The average Bonchev–Trinajstić information content (AvgIpc) is 2.60. The Kier molecular flexibility index (Phi) is 5.95. The van der Waals surface area contributed by atoms with Crippen molar-refractivity contribution in [2.24, 2.45) is 5.92 Å². The van der Waals surface area contributed by atoms with Crippen LogP contribution in [0, 0.1) is 5.92 Å². The zero-order chi connectivity index (χ0) is 17.5. The number of ether oxygens (including phenoxy) is 1. The molecular formula is C19H22N2O3. The first kappa shape index (κ1) is 17.5.